The van der Waals surface area contributed by atoms with Crippen LogP contribution in [0.5, 0.6) is 0 Å². The van der Waals surface area contributed by atoms with Crippen molar-refractivity contribution in [3.63, 3.8) is 0 Å². The Morgan fingerprint density at radius 3 is 2.58 bits per heavy atom. The van der Waals surface area contributed by atoms with Gasteiger partial charge in [0.15, 0.2) is 23.0 Å². The Morgan fingerprint density at radius 2 is 1.90 bits per heavy atom. The molecule has 8 atom stereocenters. The molecule has 0 bridgehead atoms. The zero-order chi connectivity index (χ0) is 22.6. The average molecular weight is 431 g/mol. The number of ketones is 2. The molecule has 2 N–H and O–H groups in total. The first-order chi connectivity index (χ1) is 14.4. The summed E-state index contributed by atoms with van der Waals surface area (Å²) in [4.78, 5) is 25.3. The SMILES string of the molecule is CC1(C)O[C@@H]2C[C@H]3[C@@H]4CCC5=CC(=O)C=C[C@]5(C)[C@@]4(C)[C@@H](O)C[C@]3(C)[C@]2(C(=O)CO)O1. The van der Waals surface area contributed by atoms with Crippen LogP contribution in [0.15, 0.2) is 23.8 Å². The van der Waals surface area contributed by atoms with Crippen LogP contribution in [0.25, 0.3) is 0 Å². The predicted octanol–water partition coefficient (Wildman–Crippen LogP) is 2.72. The van der Waals surface area contributed by atoms with Crippen molar-refractivity contribution < 1.29 is 29.3 Å². The van der Waals surface area contributed by atoms with Gasteiger partial charge in [-0.15, -0.1) is 0 Å². The number of carbonyl (C=O) groups is 2. The molecule has 4 aliphatic carbocycles. The maximum absolute atomic E-state index is 13.2. The summed E-state index contributed by atoms with van der Waals surface area (Å²) in [5.41, 5.74) is -1.71. The lowest BCUT2D eigenvalue weighted by Gasteiger charge is -2.65. The molecule has 0 aromatic rings. The first-order valence-corrected chi connectivity index (χ1v) is 11.5. The van der Waals surface area contributed by atoms with Gasteiger partial charge in [-0.25, -0.2) is 0 Å². The lowest BCUT2D eigenvalue weighted by molar-refractivity contribution is -0.240. The third kappa shape index (κ3) is 2.32. The van der Waals surface area contributed by atoms with E-state index in [2.05, 4.69) is 13.8 Å². The Morgan fingerprint density at radius 1 is 1.19 bits per heavy atom. The van der Waals surface area contributed by atoms with Crippen LogP contribution in [0.2, 0.25) is 0 Å². The Kier molecular flexibility index (Phi) is 4.27. The van der Waals surface area contributed by atoms with Crippen molar-refractivity contribution >= 4 is 11.6 Å². The Hall–Kier alpha value is -1.34. The monoisotopic (exact) mass is 430 g/mol. The minimum absolute atomic E-state index is 0.0107. The lowest BCUT2D eigenvalue weighted by Crippen LogP contribution is -2.67. The second-order valence-electron chi connectivity index (χ2n) is 11.4. The van der Waals surface area contributed by atoms with E-state index in [0.29, 0.717) is 12.8 Å². The van der Waals surface area contributed by atoms with Gasteiger partial charge in [-0.2, -0.15) is 0 Å². The maximum Gasteiger partial charge on any atom is 0.193 e. The average Bonchev–Trinajstić information content (AvgIpc) is 3.09. The fourth-order valence-electron chi connectivity index (χ4n) is 8.36. The number of aliphatic hydroxyl groups excluding tert-OH is 2. The molecule has 6 nitrogen and oxygen atoms in total. The van der Waals surface area contributed by atoms with Crippen LogP contribution in [0.3, 0.4) is 0 Å². The molecule has 5 aliphatic rings. The summed E-state index contributed by atoms with van der Waals surface area (Å²) in [5.74, 6) is -1.03. The number of rotatable bonds is 2. The van der Waals surface area contributed by atoms with Crippen molar-refractivity contribution in [1.29, 1.82) is 0 Å². The van der Waals surface area contributed by atoms with Gasteiger partial charge in [0.25, 0.3) is 0 Å². The molecule has 0 radical (unpaired) electrons. The van der Waals surface area contributed by atoms with Gasteiger partial charge < -0.3 is 19.7 Å². The molecule has 3 saturated carbocycles. The highest BCUT2D eigenvalue weighted by molar-refractivity contribution is 6.01. The summed E-state index contributed by atoms with van der Waals surface area (Å²) >= 11 is 0. The standard InChI is InChI=1S/C25H34O6/c1-21(2)30-20-11-17-16-7-6-14-10-15(27)8-9-22(14,3)24(16,5)18(28)12-23(17,4)25(20,31-21)19(29)13-26/h8-10,16-18,20,26,28H,6-7,11-13H2,1-5H3/t16-,17-,18-,20+,22-,23-,24+,25+/m0/s1. The summed E-state index contributed by atoms with van der Waals surface area (Å²) in [7, 11) is 0. The number of hydrogen-bond donors (Lipinski definition) is 2. The predicted molar refractivity (Wildman–Crippen MR) is 113 cm³/mol. The molecule has 0 unspecified atom stereocenters. The molecule has 6 heteroatoms. The summed E-state index contributed by atoms with van der Waals surface area (Å²) in [5, 5.41) is 21.6. The van der Waals surface area contributed by atoms with Crippen LogP contribution < -0.4 is 0 Å². The van der Waals surface area contributed by atoms with Crippen LogP contribution in [0, 0.1) is 28.1 Å². The smallest absolute Gasteiger partial charge is 0.193 e. The normalized spacial score (nSPS) is 52.1. The largest absolute Gasteiger partial charge is 0.392 e. The van der Waals surface area contributed by atoms with Gasteiger partial charge in [-0.3, -0.25) is 9.59 Å². The van der Waals surface area contributed by atoms with E-state index in [9.17, 15) is 19.8 Å². The summed E-state index contributed by atoms with van der Waals surface area (Å²) < 4.78 is 12.6. The zero-order valence-electron chi connectivity index (χ0n) is 19.1. The van der Waals surface area contributed by atoms with Crippen molar-refractivity contribution in [2.75, 3.05) is 6.61 Å². The van der Waals surface area contributed by atoms with Crippen LogP contribution in [-0.2, 0) is 19.1 Å². The fraction of sp³-hybridized carbons (Fsp3) is 0.760. The molecule has 0 spiro atoms. The molecule has 0 aromatic carbocycles. The molecule has 1 aliphatic heterocycles. The molecular weight excluding hydrogens is 396 g/mol. The highest BCUT2D eigenvalue weighted by Gasteiger charge is 2.78. The Labute approximate surface area is 183 Å². The first-order valence-electron chi connectivity index (χ1n) is 11.5. The van der Waals surface area contributed by atoms with Gasteiger partial charge in [-0.05, 0) is 63.5 Å². The Balaban J connectivity index is 1.64. The molecule has 31 heavy (non-hydrogen) atoms. The van der Waals surface area contributed by atoms with Crippen molar-refractivity contribution in [3.05, 3.63) is 23.8 Å². The fourth-order valence-corrected chi connectivity index (χ4v) is 8.36. The number of aliphatic hydroxyl groups is 2. The second-order valence-corrected chi connectivity index (χ2v) is 11.4. The number of fused-ring (bicyclic) bond motifs is 7. The van der Waals surface area contributed by atoms with E-state index >= 15 is 0 Å². The summed E-state index contributed by atoms with van der Waals surface area (Å²) in [6, 6.07) is 0. The molecule has 0 amide bonds. The molecule has 1 saturated heterocycles. The van der Waals surface area contributed by atoms with Gasteiger partial charge in [-0.1, -0.05) is 32.4 Å². The quantitative estimate of drug-likeness (QED) is 0.700. The molecule has 5 rings (SSSR count). The summed E-state index contributed by atoms with van der Waals surface area (Å²) in [6.07, 6.45) is 6.92. The van der Waals surface area contributed by atoms with E-state index in [1.54, 1.807) is 12.2 Å². The lowest BCUT2D eigenvalue weighted by atomic mass is 9.39. The number of ether oxygens (including phenoxy) is 2. The topological polar surface area (TPSA) is 93.1 Å². The van der Waals surface area contributed by atoms with E-state index in [1.807, 2.05) is 26.8 Å². The van der Waals surface area contributed by atoms with E-state index in [4.69, 9.17) is 9.47 Å². The third-order valence-corrected chi connectivity index (χ3v) is 9.95. The van der Waals surface area contributed by atoms with Crippen LogP contribution >= 0.6 is 0 Å². The van der Waals surface area contributed by atoms with Crippen LogP contribution in [-0.4, -0.2) is 52.0 Å². The van der Waals surface area contributed by atoms with Crippen molar-refractivity contribution in [1.82, 2.24) is 0 Å². The van der Waals surface area contributed by atoms with E-state index in [0.717, 1.165) is 18.4 Å². The van der Waals surface area contributed by atoms with Crippen LogP contribution in [0.1, 0.15) is 60.3 Å². The zero-order valence-corrected chi connectivity index (χ0v) is 19.1. The Bertz CT molecular complexity index is 919. The number of allylic oxidation sites excluding steroid dienone is 4. The van der Waals surface area contributed by atoms with Gasteiger partial charge in [0.1, 0.15) is 6.61 Å². The van der Waals surface area contributed by atoms with E-state index < -0.39 is 46.4 Å². The minimum Gasteiger partial charge on any atom is -0.392 e. The maximum atomic E-state index is 13.2. The van der Waals surface area contributed by atoms with Gasteiger partial charge >= 0.3 is 0 Å². The van der Waals surface area contributed by atoms with Gasteiger partial charge in [0.2, 0.25) is 0 Å². The van der Waals surface area contributed by atoms with Crippen molar-refractivity contribution in [2.24, 2.45) is 28.1 Å². The number of carbonyl (C=O) groups excluding carboxylic acids is 2. The highest BCUT2D eigenvalue weighted by atomic mass is 16.8. The van der Waals surface area contributed by atoms with E-state index in [-0.39, 0.29) is 23.4 Å². The molecular formula is C25H34O6. The number of hydrogen-bond acceptors (Lipinski definition) is 6. The van der Waals surface area contributed by atoms with Gasteiger partial charge in [0.05, 0.1) is 12.2 Å². The molecule has 0 aromatic heterocycles. The summed E-state index contributed by atoms with van der Waals surface area (Å²) in [6.45, 7) is 9.35. The number of Topliss-reactive ketones (excluding diaryl/α,β-unsaturated/α-hetero) is 1. The van der Waals surface area contributed by atoms with E-state index in [1.165, 1.54) is 0 Å². The van der Waals surface area contributed by atoms with Crippen LogP contribution in [0.4, 0.5) is 0 Å². The minimum atomic E-state index is -1.26. The molecule has 170 valence electrons. The van der Waals surface area contributed by atoms with Crippen molar-refractivity contribution in [2.45, 2.75) is 83.9 Å². The molecule has 1 heterocycles. The van der Waals surface area contributed by atoms with Crippen molar-refractivity contribution in [3.8, 4) is 0 Å². The first kappa shape index (κ1) is 21.5. The van der Waals surface area contributed by atoms with Gasteiger partial charge in [0, 0.05) is 16.2 Å². The third-order valence-electron chi connectivity index (χ3n) is 9.95. The molecule has 4 fully saturated rings. The second kappa shape index (κ2) is 6.16. The highest BCUT2D eigenvalue weighted by Crippen LogP contribution is 2.73.